The molecule has 69 valence electrons. The van der Waals surface area contributed by atoms with Gasteiger partial charge in [-0.1, -0.05) is 19.8 Å². The summed E-state index contributed by atoms with van der Waals surface area (Å²) in [6, 6.07) is 3.59. The van der Waals surface area contributed by atoms with Crippen LogP contribution in [0.1, 0.15) is 36.0 Å². The largest absolute Gasteiger partial charge is 0.294 e. The minimum Gasteiger partial charge on any atom is -0.294 e. The summed E-state index contributed by atoms with van der Waals surface area (Å²) in [7, 11) is 0. The van der Waals surface area contributed by atoms with E-state index in [-0.39, 0.29) is 5.78 Å². The lowest BCUT2D eigenvalue weighted by Gasteiger charge is -1.98. The fourth-order valence-electron chi connectivity index (χ4n) is 1.13. The average Bonchev–Trinajstić information content (AvgIpc) is 2.19. The van der Waals surface area contributed by atoms with Gasteiger partial charge in [-0.2, -0.15) is 0 Å². The molecule has 0 N–H and O–H groups in total. The predicted molar refractivity (Wildman–Crippen MR) is 52.4 cm³/mol. The molecule has 0 aliphatic rings. The highest BCUT2D eigenvalue weighted by molar-refractivity contribution is 5.95. The number of hydrogen-bond donors (Lipinski definition) is 0. The van der Waals surface area contributed by atoms with Crippen LogP contribution in [-0.4, -0.2) is 10.8 Å². The van der Waals surface area contributed by atoms with Gasteiger partial charge < -0.3 is 0 Å². The number of ketones is 1. The number of aromatic nitrogens is 1. The van der Waals surface area contributed by atoms with Crippen LogP contribution in [0.5, 0.6) is 0 Å². The maximum absolute atomic E-state index is 11.5. The highest BCUT2D eigenvalue weighted by atomic mass is 16.1. The van der Waals surface area contributed by atoms with Gasteiger partial charge in [-0.3, -0.25) is 9.78 Å². The number of unbranched alkanes of at least 4 members (excludes halogenated alkanes) is 2. The molecular formula is C11H14NO. The molecular weight excluding hydrogens is 162 g/mol. The second-order valence-corrected chi connectivity index (χ2v) is 2.98. The zero-order chi connectivity index (χ0) is 9.52. The molecule has 2 nitrogen and oxygen atoms in total. The highest BCUT2D eigenvalue weighted by Gasteiger charge is 2.03. The number of carbonyl (C=O) groups excluding carboxylic acids is 1. The fraction of sp³-hybridized carbons (Fsp3) is 0.364. The molecule has 1 aromatic rings. The normalized spacial score (nSPS) is 9.92. The van der Waals surface area contributed by atoms with E-state index in [0.29, 0.717) is 12.0 Å². The number of carbonyl (C=O) groups is 1. The zero-order valence-electron chi connectivity index (χ0n) is 7.70. The molecule has 0 saturated carbocycles. The molecule has 0 saturated heterocycles. The Labute approximate surface area is 79.0 Å². The van der Waals surface area contributed by atoms with Crippen molar-refractivity contribution in [2.45, 2.75) is 25.7 Å². The molecule has 0 unspecified atom stereocenters. The molecule has 1 heterocycles. The van der Waals surface area contributed by atoms with Crippen molar-refractivity contribution in [2.75, 3.05) is 0 Å². The SMILES string of the molecule is [CH2]CCCCC(=O)c1cccnc1. The monoisotopic (exact) mass is 176 g/mol. The van der Waals surface area contributed by atoms with Gasteiger partial charge >= 0.3 is 0 Å². The average molecular weight is 176 g/mol. The van der Waals surface area contributed by atoms with Crippen molar-refractivity contribution in [3.63, 3.8) is 0 Å². The van der Waals surface area contributed by atoms with E-state index in [0.717, 1.165) is 19.3 Å². The first-order valence-electron chi connectivity index (χ1n) is 4.57. The second-order valence-electron chi connectivity index (χ2n) is 2.98. The lowest BCUT2D eigenvalue weighted by molar-refractivity contribution is 0.0979. The van der Waals surface area contributed by atoms with E-state index in [1.165, 1.54) is 0 Å². The van der Waals surface area contributed by atoms with Crippen molar-refractivity contribution in [3.05, 3.63) is 37.0 Å². The summed E-state index contributed by atoms with van der Waals surface area (Å²) in [4.78, 5) is 15.4. The van der Waals surface area contributed by atoms with E-state index in [1.54, 1.807) is 24.5 Å². The first-order chi connectivity index (χ1) is 6.34. The van der Waals surface area contributed by atoms with Crippen LogP contribution < -0.4 is 0 Å². The first kappa shape index (κ1) is 9.90. The van der Waals surface area contributed by atoms with Crippen LogP contribution in [0, 0.1) is 6.92 Å². The number of rotatable bonds is 5. The third-order valence-electron chi connectivity index (χ3n) is 1.89. The lowest BCUT2D eigenvalue weighted by Crippen LogP contribution is -1.98. The minimum atomic E-state index is 0.182. The molecule has 0 bridgehead atoms. The van der Waals surface area contributed by atoms with Crippen LogP contribution in [0.4, 0.5) is 0 Å². The number of nitrogens with zero attached hydrogens (tertiary/aromatic N) is 1. The summed E-state index contributed by atoms with van der Waals surface area (Å²) in [5, 5.41) is 0. The molecule has 0 fully saturated rings. The fourth-order valence-corrected chi connectivity index (χ4v) is 1.13. The molecule has 2 heteroatoms. The van der Waals surface area contributed by atoms with E-state index >= 15 is 0 Å². The maximum atomic E-state index is 11.5. The Morgan fingerprint density at radius 2 is 2.31 bits per heavy atom. The van der Waals surface area contributed by atoms with Crippen LogP contribution in [0.25, 0.3) is 0 Å². The van der Waals surface area contributed by atoms with Crippen LogP contribution >= 0.6 is 0 Å². The van der Waals surface area contributed by atoms with Crippen molar-refractivity contribution < 1.29 is 4.79 Å². The summed E-state index contributed by atoms with van der Waals surface area (Å²) >= 11 is 0. The number of pyridine rings is 1. The van der Waals surface area contributed by atoms with Gasteiger partial charge in [-0.15, -0.1) is 0 Å². The summed E-state index contributed by atoms with van der Waals surface area (Å²) in [6.07, 6.45) is 6.75. The molecule has 0 amide bonds. The van der Waals surface area contributed by atoms with Crippen molar-refractivity contribution in [1.82, 2.24) is 4.98 Å². The van der Waals surface area contributed by atoms with Gasteiger partial charge in [0.05, 0.1) is 0 Å². The van der Waals surface area contributed by atoms with Crippen LogP contribution in [0.2, 0.25) is 0 Å². The van der Waals surface area contributed by atoms with Gasteiger partial charge in [0.1, 0.15) is 0 Å². The van der Waals surface area contributed by atoms with Crippen molar-refractivity contribution >= 4 is 5.78 Å². The van der Waals surface area contributed by atoms with Gasteiger partial charge in [-0.05, 0) is 18.6 Å². The van der Waals surface area contributed by atoms with Crippen molar-refractivity contribution in [2.24, 2.45) is 0 Å². The van der Waals surface area contributed by atoms with Gasteiger partial charge in [0.15, 0.2) is 5.78 Å². The van der Waals surface area contributed by atoms with Crippen LogP contribution in [-0.2, 0) is 0 Å². The minimum absolute atomic E-state index is 0.182. The van der Waals surface area contributed by atoms with Gasteiger partial charge in [-0.25, -0.2) is 0 Å². The Morgan fingerprint density at radius 3 is 2.92 bits per heavy atom. The Hall–Kier alpha value is -1.18. The third kappa shape index (κ3) is 3.36. The molecule has 0 aliphatic heterocycles. The Morgan fingerprint density at radius 1 is 1.46 bits per heavy atom. The van der Waals surface area contributed by atoms with E-state index in [1.807, 2.05) is 0 Å². The molecule has 13 heavy (non-hydrogen) atoms. The third-order valence-corrected chi connectivity index (χ3v) is 1.89. The molecule has 0 spiro atoms. The first-order valence-corrected chi connectivity index (χ1v) is 4.57. The van der Waals surface area contributed by atoms with Crippen LogP contribution in [0.15, 0.2) is 24.5 Å². The zero-order valence-corrected chi connectivity index (χ0v) is 7.70. The lowest BCUT2D eigenvalue weighted by atomic mass is 10.1. The summed E-state index contributed by atoms with van der Waals surface area (Å²) in [5.74, 6) is 0.182. The highest BCUT2D eigenvalue weighted by Crippen LogP contribution is 2.06. The summed E-state index contributed by atoms with van der Waals surface area (Å²) < 4.78 is 0. The van der Waals surface area contributed by atoms with Gasteiger partial charge in [0.25, 0.3) is 0 Å². The van der Waals surface area contributed by atoms with E-state index in [2.05, 4.69) is 11.9 Å². The Kier molecular flexibility index (Phi) is 4.16. The molecule has 0 aromatic carbocycles. The summed E-state index contributed by atoms with van der Waals surface area (Å²) in [6.45, 7) is 3.73. The van der Waals surface area contributed by atoms with Crippen molar-refractivity contribution in [1.29, 1.82) is 0 Å². The second kappa shape index (κ2) is 5.46. The Balaban J connectivity index is 2.40. The quantitative estimate of drug-likeness (QED) is 0.510. The standard InChI is InChI=1S/C11H14NO/c1-2-3-4-7-11(13)10-6-5-8-12-9-10/h5-6,8-9H,1-4,7H2. The van der Waals surface area contributed by atoms with Crippen LogP contribution in [0.3, 0.4) is 0 Å². The molecule has 1 aromatic heterocycles. The van der Waals surface area contributed by atoms with E-state index in [4.69, 9.17) is 0 Å². The number of hydrogen-bond acceptors (Lipinski definition) is 2. The molecule has 1 rings (SSSR count). The van der Waals surface area contributed by atoms with Gasteiger partial charge in [0, 0.05) is 24.4 Å². The maximum Gasteiger partial charge on any atom is 0.164 e. The van der Waals surface area contributed by atoms with Gasteiger partial charge in [0.2, 0.25) is 0 Å². The Bertz CT molecular complexity index is 256. The topological polar surface area (TPSA) is 30.0 Å². The van der Waals surface area contributed by atoms with Crippen molar-refractivity contribution in [3.8, 4) is 0 Å². The predicted octanol–water partition coefficient (Wildman–Crippen LogP) is 2.66. The van der Waals surface area contributed by atoms with E-state index < -0.39 is 0 Å². The summed E-state index contributed by atoms with van der Waals surface area (Å²) in [5.41, 5.74) is 0.714. The van der Waals surface area contributed by atoms with E-state index in [9.17, 15) is 4.79 Å². The number of Topliss-reactive ketones (excluding diaryl/α,β-unsaturated/α-hetero) is 1. The smallest absolute Gasteiger partial charge is 0.164 e. The molecule has 0 atom stereocenters. The molecule has 1 radical (unpaired) electrons. The molecule has 0 aliphatic carbocycles.